The number of thioether (sulfide) groups is 1. The fourth-order valence-electron chi connectivity index (χ4n) is 2.38. The number of hydrogen-bond donors (Lipinski definition) is 2. The first-order valence-corrected chi connectivity index (χ1v) is 9.36. The van der Waals surface area contributed by atoms with E-state index in [-0.39, 0.29) is 20.5 Å². The lowest BCUT2D eigenvalue weighted by molar-refractivity contribution is -0.139. The molecule has 0 aromatic heterocycles. The Morgan fingerprint density at radius 2 is 1.90 bits per heavy atom. The summed E-state index contributed by atoms with van der Waals surface area (Å²) in [4.78, 5) is 35.8. The van der Waals surface area contributed by atoms with Gasteiger partial charge in [-0.1, -0.05) is 42.1 Å². The monoisotopic (exact) mass is 432 g/mol. The van der Waals surface area contributed by atoms with E-state index in [1.165, 1.54) is 24.3 Å². The van der Waals surface area contributed by atoms with Gasteiger partial charge in [0.1, 0.15) is 11.6 Å². The van der Waals surface area contributed by atoms with Crippen molar-refractivity contribution in [3.63, 3.8) is 0 Å². The number of hydrogen-bond acceptors (Lipinski definition) is 6. The van der Waals surface area contributed by atoms with Gasteiger partial charge in [0.2, 0.25) is 0 Å². The smallest absolute Gasteiger partial charge is 0.341 e. The van der Waals surface area contributed by atoms with E-state index < -0.39 is 30.2 Å². The van der Waals surface area contributed by atoms with Crippen LogP contribution in [0.1, 0.15) is 15.9 Å². The van der Waals surface area contributed by atoms with Gasteiger partial charge in [-0.3, -0.25) is 15.0 Å². The highest BCUT2D eigenvalue weighted by Gasteiger charge is 2.34. The Balaban J connectivity index is 1.80. The Bertz CT molecular complexity index is 1040. The lowest BCUT2D eigenvalue weighted by Crippen LogP contribution is -2.45. The number of carboxylic acid groups (broad SMARTS) is 1. The van der Waals surface area contributed by atoms with E-state index in [1.807, 2.05) is 0 Å². The Hall–Kier alpha value is -3.24. The minimum atomic E-state index is -1.14. The molecule has 3 rings (SSSR count). The summed E-state index contributed by atoms with van der Waals surface area (Å²) < 4.78 is 19.1. The van der Waals surface area contributed by atoms with E-state index in [9.17, 15) is 18.8 Å². The van der Waals surface area contributed by atoms with Gasteiger partial charge in [0.25, 0.3) is 11.8 Å². The van der Waals surface area contributed by atoms with Gasteiger partial charge in [-0.25, -0.2) is 9.18 Å². The highest BCUT2D eigenvalue weighted by atomic mass is 32.2. The molecular formula is C19H13FN2O5S2. The molecule has 0 aliphatic carbocycles. The quantitative estimate of drug-likeness (QED) is 0.535. The summed E-state index contributed by atoms with van der Waals surface area (Å²) in [6, 6.07) is 11.9. The van der Waals surface area contributed by atoms with Gasteiger partial charge >= 0.3 is 5.97 Å². The van der Waals surface area contributed by atoms with Crippen LogP contribution in [0.5, 0.6) is 5.75 Å². The topological polar surface area (TPSA) is 95.9 Å². The van der Waals surface area contributed by atoms with Crippen LogP contribution in [-0.4, -0.2) is 38.8 Å². The van der Waals surface area contributed by atoms with E-state index in [4.69, 9.17) is 22.1 Å². The van der Waals surface area contributed by atoms with Crippen LogP contribution >= 0.6 is 24.0 Å². The highest BCUT2D eigenvalue weighted by molar-refractivity contribution is 8.26. The van der Waals surface area contributed by atoms with Crippen molar-refractivity contribution in [3.05, 3.63) is 70.4 Å². The number of carbonyl (C=O) groups excluding carboxylic acids is 2. The summed E-state index contributed by atoms with van der Waals surface area (Å²) in [6.45, 7) is -0.537. The summed E-state index contributed by atoms with van der Waals surface area (Å²) >= 11 is 6.08. The SMILES string of the molecule is O=C(O)COc1ccccc1/C=C1/SC(=S)N(NC(=O)c2ccccc2F)C1=O. The number of amides is 2. The van der Waals surface area contributed by atoms with Crippen molar-refractivity contribution in [1.82, 2.24) is 10.4 Å². The summed E-state index contributed by atoms with van der Waals surface area (Å²) in [5.74, 6) is -3.00. The molecule has 29 heavy (non-hydrogen) atoms. The molecule has 7 nitrogen and oxygen atoms in total. The average molecular weight is 432 g/mol. The van der Waals surface area contributed by atoms with Crippen molar-refractivity contribution in [2.45, 2.75) is 0 Å². The van der Waals surface area contributed by atoms with Gasteiger partial charge in [0.05, 0.1) is 10.5 Å². The molecule has 148 valence electrons. The maximum absolute atomic E-state index is 13.8. The van der Waals surface area contributed by atoms with Crippen LogP contribution in [0.3, 0.4) is 0 Å². The zero-order valence-electron chi connectivity index (χ0n) is 14.6. The van der Waals surface area contributed by atoms with Crippen LogP contribution in [0.4, 0.5) is 4.39 Å². The number of carboxylic acids is 1. The molecule has 2 N–H and O–H groups in total. The average Bonchev–Trinajstić information content (AvgIpc) is 2.95. The van der Waals surface area contributed by atoms with E-state index >= 15 is 0 Å². The largest absolute Gasteiger partial charge is 0.481 e. The number of aliphatic carboxylic acids is 1. The fourth-order valence-corrected chi connectivity index (χ4v) is 3.55. The van der Waals surface area contributed by atoms with Crippen LogP contribution in [0.25, 0.3) is 6.08 Å². The first-order chi connectivity index (χ1) is 13.9. The molecule has 10 heteroatoms. The fraction of sp³-hybridized carbons (Fsp3) is 0.0526. The molecule has 2 aromatic rings. The standard InChI is InChI=1S/C19H13FN2O5S2/c20-13-7-3-2-6-12(13)17(25)21-22-18(26)15(29-19(22)28)9-11-5-1-4-8-14(11)27-10-16(23)24/h1-9H,10H2,(H,21,25)(H,23,24)/b15-9+. The molecule has 0 unspecified atom stereocenters. The molecule has 0 atom stereocenters. The van der Waals surface area contributed by atoms with Gasteiger partial charge in [0.15, 0.2) is 10.9 Å². The normalized spacial score (nSPS) is 14.9. The van der Waals surface area contributed by atoms with Crippen LogP contribution in [0, 0.1) is 5.82 Å². The maximum Gasteiger partial charge on any atom is 0.341 e. The van der Waals surface area contributed by atoms with Gasteiger partial charge in [-0.2, -0.15) is 5.01 Å². The number of carbonyl (C=O) groups is 3. The molecule has 2 amide bonds. The molecular weight excluding hydrogens is 419 g/mol. The van der Waals surface area contributed by atoms with Crippen molar-refractivity contribution < 1.29 is 28.6 Å². The molecule has 1 fully saturated rings. The van der Waals surface area contributed by atoms with E-state index in [1.54, 1.807) is 24.3 Å². The van der Waals surface area contributed by atoms with Crippen molar-refractivity contribution in [2.75, 3.05) is 6.61 Å². The molecule has 1 saturated heterocycles. The van der Waals surface area contributed by atoms with E-state index in [0.717, 1.165) is 22.8 Å². The van der Waals surface area contributed by atoms with E-state index in [2.05, 4.69) is 5.43 Å². The summed E-state index contributed by atoms with van der Waals surface area (Å²) in [6.07, 6.45) is 1.48. The number of hydrazine groups is 1. The number of ether oxygens (including phenoxy) is 1. The predicted molar refractivity (Wildman–Crippen MR) is 108 cm³/mol. The minimum Gasteiger partial charge on any atom is -0.481 e. The van der Waals surface area contributed by atoms with Crippen LogP contribution in [0.2, 0.25) is 0 Å². The van der Waals surface area contributed by atoms with Crippen molar-refractivity contribution in [1.29, 1.82) is 0 Å². The lowest BCUT2D eigenvalue weighted by atomic mass is 10.2. The number of rotatable bonds is 6. The van der Waals surface area contributed by atoms with Crippen molar-refractivity contribution in [2.24, 2.45) is 0 Å². The van der Waals surface area contributed by atoms with Crippen molar-refractivity contribution >= 4 is 52.2 Å². The summed E-state index contributed by atoms with van der Waals surface area (Å²) in [5.41, 5.74) is 2.54. The van der Waals surface area contributed by atoms with Crippen LogP contribution in [-0.2, 0) is 9.59 Å². The zero-order chi connectivity index (χ0) is 21.0. The summed E-state index contributed by atoms with van der Waals surface area (Å²) in [5, 5.41) is 9.63. The van der Waals surface area contributed by atoms with Gasteiger partial charge < -0.3 is 9.84 Å². The number of nitrogens with one attached hydrogen (secondary N) is 1. The Labute approximate surface area is 174 Å². The number of para-hydroxylation sites is 1. The number of thiocarbonyl (C=S) groups is 1. The zero-order valence-corrected chi connectivity index (χ0v) is 16.3. The third-order valence-electron chi connectivity index (χ3n) is 3.68. The van der Waals surface area contributed by atoms with E-state index in [0.29, 0.717) is 5.56 Å². The second-order valence-corrected chi connectivity index (χ2v) is 7.33. The Morgan fingerprint density at radius 1 is 1.21 bits per heavy atom. The first-order valence-electron chi connectivity index (χ1n) is 8.14. The number of benzene rings is 2. The lowest BCUT2D eigenvalue weighted by Gasteiger charge is -2.15. The number of halogens is 1. The molecule has 2 aromatic carbocycles. The molecule has 1 aliphatic rings. The number of nitrogens with zero attached hydrogens (tertiary/aromatic N) is 1. The molecule has 1 aliphatic heterocycles. The Morgan fingerprint density at radius 3 is 2.62 bits per heavy atom. The maximum atomic E-state index is 13.8. The third kappa shape index (κ3) is 4.79. The first kappa shape index (κ1) is 20.5. The molecule has 1 heterocycles. The molecule has 0 saturated carbocycles. The van der Waals surface area contributed by atoms with Gasteiger partial charge in [-0.05, 0) is 36.5 Å². The minimum absolute atomic E-state index is 0.0647. The van der Waals surface area contributed by atoms with Crippen LogP contribution < -0.4 is 10.2 Å². The second kappa shape index (κ2) is 8.84. The van der Waals surface area contributed by atoms with Gasteiger partial charge in [-0.15, -0.1) is 0 Å². The molecule has 0 radical (unpaired) electrons. The van der Waals surface area contributed by atoms with Crippen LogP contribution in [0.15, 0.2) is 53.4 Å². The Kier molecular flexibility index (Phi) is 6.25. The summed E-state index contributed by atoms with van der Waals surface area (Å²) in [7, 11) is 0. The second-order valence-electron chi connectivity index (χ2n) is 5.66. The molecule has 0 spiro atoms. The van der Waals surface area contributed by atoms with Gasteiger partial charge in [0, 0.05) is 5.56 Å². The van der Waals surface area contributed by atoms with Crippen molar-refractivity contribution in [3.8, 4) is 5.75 Å². The highest BCUT2D eigenvalue weighted by Crippen LogP contribution is 2.33. The molecule has 0 bridgehead atoms. The third-order valence-corrected chi connectivity index (χ3v) is 4.98. The predicted octanol–water partition coefficient (Wildman–Crippen LogP) is 2.84.